The van der Waals surface area contributed by atoms with Crippen LogP contribution in [0, 0.1) is 6.92 Å². The summed E-state index contributed by atoms with van der Waals surface area (Å²) in [6.45, 7) is 2.29. The third-order valence-corrected chi connectivity index (χ3v) is 3.94. The van der Waals surface area contributed by atoms with Crippen molar-refractivity contribution in [3.8, 4) is 0 Å². The lowest BCUT2D eigenvalue weighted by molar-refractivity contribution is -0.111. The molecule has 136 valence electrons. The molecule has 0 radical (unpaired) electrons. The number of nitrogens with one attached hydrogen (secondary N) is 2. The molecular weight excluding hydrogens is 340 g/mol. The van der Waals surface area contributed by atoms with Gasteiger partial charge >= 0.3 is 0 Å². The Labute approximate surface area is 157 Å². The zero-order chi connectivity index (χ0) is 19.1. The molecule has 0 spiro atoms. The maximum atomic E-state index is 12.4. The van der Waals surface area contributed by atoms with E-state index < -0.39 is 0 Å². The van der Waals surface area contributed by atoms with Crippen LogP contribution in [-0.4, -0.2) is 11.8 Å². The Balaban J connectivity index is 1.65. The van der Waals surface area contributed by atoms with Crippen LogP contribution in [0.1, 0.15) is 27.2 Å². The van der Waals surface area contributed by atoms with Gasteiger partial charge in [0, 0.05) is 6.08 Å². The van der Waals surface area contributed by atoms with Crippen LogP contribution in [0.15, 0.2) is 77.4 Å². The highest BCUT2D eigenvalue weighted by molar-refractivity contribution is 6.07. The second-order valence-corrected chi connectivity index (χ2v) is 6.04. The highest BCUT2D eigenvalue weighted by Gasteiger charge is 2.12. The zero-order valence-corrected chi connectivity index (χ0v) is 14.9. The molecule has 3 aromatic rings. The summed E-state index contributed by atoms with van der Waals surface area (Å²) in [6, 6.07) is 18.3. The normalized spacial score (nSPS) is 10.7. The van der Waals surface area contributed by atoms with Gasteiger partial charge in [-0.25, -0.2) is 0 Å². The van der Waals surface area contributed by atoms with Crippen molar-refractivity contribution >= 4 is 23.6 Å². The van der Waals surface area contributed by atoms with Gasteiger partial charge in [0.05, 0.1) is 24.1 Å². The average Bonchev–Trinajstić information content (AvgIpc) is 3.20. The summed E-state index contributed by atoms with van der Waals surface area (Å²) in [6.07, 6.45) is 4.73. The van der Waals surface area contributed by atoms with Crippen molar-refractivity contribution < 1.29 is 14.0 Å². The number of benzene rings is 2. The Morgan fingerprint density at radius 3 is 2.52 bits per heavy atom. The quantitative estimate of drug-likeness (QED) is 0.648. The number of para-hydroxylation sites is 1. The number of carbonyl (C=O) groups is 2. The van der Waals surface area contributed by atoms with Crippen molar-refractivity contribution in [2.75, 3.05) is 5.32 Å². The van der Waals surface area contributed by atoms with Crippen molar-refractivity contribution in [2.45, 2.75) is 13.5 Å². The lowest BCUT2D eigenvalue weighted by Crippen LogP contribution is -2.24. The van der Waals surface area contributed by atoms with Crippen molar-refractivity contribution in [2.24, 2.45) is 0 Å². The number of hydrogen-bond acceptors (Lipinski definition) is 3. The number of hydrogen-bond donors (Lipinski definition) is 2. The molecule has 0 atom stereocenters. The van der Waals surface area contributed by atoms with Crippen molar-refractivity contribution in [1.29, 1.82) is 0 Å². The zero-order valence-electron chi connectivity index (χ0n) is 14.9. The predicted octanol–water partition coefficient (Wildman–Crippen LogP) is 4.17. The van der Waals surface area contributed by atoms with E-state index in [1.165, 1.54) is 6.08 Å². The van der Waals surface area contributed by atoms with Gasteiger partial charge in [0.2, 0.25) is 5.91 Å². The summed E-state index contributed by atoms with van der Waals surface area (Å²) in [5.74, 6) is 0.0672. The monoisotopic (exact) mass is 360 g/mol. The van der Waals surface area contributed by atoms with E-state index in [-0.39, 0.29) is 18.4 Å². The molecule has 3 rings (SSSR count). The van der Waals surface area contributed by atoms with Gasteiger partial charge in [0.15, 0.2) is 0 Å². The van der Waals surface area contributed by atoms with Gasteiger partial charge in [0.1, 0.15) is 5.76 Å². The summed E-state index contributed by atoms with van der Waals surface area (Å²) in [4.78, 5) is 24.7. The van der Waals surface area contributed by atoms with Gasteiger partial charge in [-0.15, -0.1) is 0 Å². The Kier molecular flexibility index (Phi) is 5.84. The van der Waals surface area contributed by atoms with Gasteiger partial charge in [-0.05, 0) is 42.8 Å². The third kappa shape index (κ3) is 5.19. The highest BCUT2D eigenvalue weighted by Crippen LogP contribution is 2.15. The van der Waals surface area contributed by atoms with Crippen molar-refractivity contribution in [1.82, 2.24) is 5.32 Å². The standard InChI is InChI=1S/C22H20N2O3/c1-16-8-10-17(11-9-16)12-13-21(25)24-20-7-3-2-6-19(20)22(26)23-15-18-5-4-14-27-18/h2-14H,15H2,1H3,(H,23,26)(H,24,25)/b13-12+. The fourth-order valence-electron chi connectivity index (χ4n) is 2.49. The largest absolute Gasteiger partial charge is 0.467 e. The van der Waals surface area contributed by atoms with E-state index in [1.54, 1.807) is 48.7 Å². The number of aryl methyl sites for hydroxylation is 1. The maximum absolute atomic E-state index is 12.4. The molecule has 5 heteroatoms. The maximum Gasteiger partial charge on any atom is 0.253 e. The van der Waals surface area contributed by atoms with Crippen LogP contribution in [0.25, 0.3) is 6.08 Å². The van der Waals surface area contributed by atoms with E-state index in [0.29, 0.717) is 17.0 Å². The molecule has 0 saturated heterocycles. The first-order valence-corrected chi connectivity index (χ1v) is 8.57. The number of rotatable bonds is 6. The molecule has 0 saturated carbocycles. The molecule has 0 aliphatic rings. The highest BCUT2D eigenvalue weighted by atomic mass is 16.3. The second kappa shape index (κ2) is 8.67. The molecule has 2 aromatic carbocycles. The molecule has 1 heterocycles. The van der Waals surface area contributed by atoms with E-state index >= 15 is 0 Å². The lowest BCUT2D eigenvalue weighted by Gasteiger charge is -2.10. The molecule has 2 amide bonds. The van der Waals surface area contributed by atoms with Gasteiger partial charge in [0.25, 0.3) is 5.91 Å². The molecular formula is C22H20N2O3. The third-order valence-electron chi connectivity index (χ3n) is 3.94. The van der Waals surface area contributed by atoms with Gasteiger partial charge in [-0.1, -0.05) is 42.0 Å². The van der Waals surface area contributed by atoms with Gasteiger partial charge < -0.3 is 15.1 Å². The fourth-order valence-corrected chi connectivity index (χ4v) is 2.49. The van der Waals surface area contributed by atoms with Crippen LogP contribution in [0.3, 0.4) is 0 Å². The molecule has 27 heavy (non-hydrogen) atoms. The minimum absolute atomic E-state index is 0.279. The van der Waals surface area contributed by atoms with Crippen LogP contribution >= 0.6 is 0 Å². The summed E-state index contributed by atoms with van der Waals surface area (Å²) in [7, 11) is 0. The van der Waals surface area contributed by atoms with E-state index in [0.717, 1.165) is 11.1 Å². The first-order chi connectivity index (χ1) is 13.1. The van der Waals surface area contributed by atoms with Crippen LogP contribution in [-0.2, 0) is 11.3 Å². The van der Waals surface area contributed by atoms with Crippen LogP contribution < -0.4 is 10.6 Å². The number of amides is 2. The summed E-state index contributed by atoms with van der Waals surface area (Å²) in [5, 5.41) is 5.53. The first-order valence-electron chi connectivity index (χ1n) is 8.57. The lowest BCUT2D eigenvalue weighted by atomic mass is 10.1. The van der Waals surface area contributed by atoms with Crippen molar-refractivity contribution in [3.63, 3.8) is 0 Å². The average molecular weight is 360 g/mol. The Morgan fingerprint density at radius 1 is 1.00 bits per heavy atom. The Bertz CT molecular complexity index is 942. The van der Waals surface area contributed by atoms with E-state index in [9.17, 15) is 9.59 Å². The SMILES string of the molecule is Cc1ccc(/C=C/C(=O)Nc2ccccc2C(=O)NCc2ccco2)cc1. The van der Waals surface area contributed by atoms with E-state index in [1.807, 2.05) is 31.2 Å². The molecule has 0 fully saturated rings. The Morgan fingerprint density at radius 2 is 1.78 bits per heavy atom. The van der Waals surface area contributed by atoms with Crippen molar-refractivity contribution in [3.05, 3.63) is 95.5 Å². The smallest absolute Gasteiger partial charge is 0.253 e. The molecule has 1 aromatic heterocycles. The van der Waals surface area contributed by atoms with E-state index in [2.05, 4.69) is 10.6 Å². The topological polar surface area (TPSA) is 71.3 Å². The van der Waals surface area contributed by atoms with Crippen LogP contribution in [0.4, 0.5) is 5.69 Å². The minimum atomic E-state index is -0.304. The molecule has 0 aliphatic carbocycles. The summed E-state index contributed by atoms with van der Waals surface area (Å²) >= 11 is 0. The molecule has 2 N–H and O–H groups in total. The van der Waals surface area contributed by atoms with Crippen LogP contribution in [0.2, 0.25) is 0 Å². The predicted molar refractivity (Wildman–Crippen MR) is 105 cm³/mol. The molecule has 5 nitrogen and oxygen atoms in total. The second-order valence-electron chi connectivity index (χ2n) is 6.04. The number of furan rings is 1. The molecule has 0 unspecified atom stereocenters. The number of carbonyl (C=O) groups excluding carboxylic acids is 2. The van der Waals surface area contributed by atoms with Gasteiger partial charge in [-0.3, -0.25) is 9.59 Å². The Hall–Kier alpha value is -3.60. The van der Waals surface area contributed by atoms with Crippen LogP contribution in [0.5, 0.6) is 0 Å². The minimum Gasteiger partial charge on any atom is -0.467 e. The molecule has 0 bridgehead atoms. The number of anilines is 1. The fraction of sp³-hybridized carbons (Fsp3) is 0.0909. The summed E-state index contributed by atoms with van der Waals surface area (Å²) < 4.78 is 5.20. The summed E-state index contributed by atoms with van der Waals surface area (Å²) in [5.41, 5.74) is 2.93. The first kappa shape index (κ1) is 18.2. The van der Waals surface area contributed by atoms with Gasteiger partial charge in [-0.2, -0.15) is 0 Å². The van der Waals surface area contributed by atoms with E-state index in [4.69, 9.17) is 4.42 Å². The molecule has 0 aliphatic heterocycles.